The van der Waals surface area contributed by atoms with Gasteiger partial charge in [0.15, 0.2) is 5.75 Å². The molecule has 0 aliphatic rings. The highest BCUT2D eigenvalue weighted by Gasteiger charge is 2.30. The van der Waals surface area contributed by atoms with E-state index in [4.69, 9.17) is 4.74 Å². The largest absolute Gasteiger partial charge is 0.493 e. The van der Waals surface area contributed by atoms with Crippen molar-refractivity contribution in [1.82, 2.24) is 15.1 Å². The van der Waals surface area contributed by atoms with Crippen molar-refractivity contribution in [3.05, 3.63) is 11.9 Å². The van der Waals surface area contributed by atoms with Crippen molar-refractivity contribution in [3.63, 3.8) is 0 Å². The normalized spacial score (nSPS) is 13.7. The molecule has 0 bridgehead atoms. The predicted octanol–water partition coefficient (Wildman–Crippen LogP) is 2.58. The van der Waals surface area contributed by atoms with E-state index >= 15 is 0 Å². The highest BCUT2D eigenvalue weighted by molar-refractivity contribution is 5.32. The van der Waals surface area contributed by atoms with Crippen molar-refractivity contribution in [1.29, 1.82) is 0 Å². The summed E-state index contributed by atoms with van der Waals surface area (Å²) < 4.78 is 7.55. The van der Waals surface area contributed by atoms with Gasteiger partial charge in [-0.25, -0.2) is 0 Å². The molecule has 1 aromatic rings. The van der Waals surface area contributed by atoms with Crippen LogP contribution in [0.3, 0.4) is 0 Å². The number of ether oxygens (including phenoxy) is 1. The minimum Gasteiger partial charge on any atom is -0.493 e. The first kappa shape index (κ1) is 15.0. The zero-order chi connectivity index (χ0) is 13.8. The number of aromatic nitrogens is 2. The maximum Gasteiger partial charge on any atom is 0.160 e. The summed E-state index contributed by atoms with van der Waals surface area (Å²) in [7, 11) is 3.72. The molecular formula is C14H27N3O. The molecule has 0 amide bonds. The molecule has 104 valence electrons. The van der Waals surface area contributed by atoms with E-state index in [2.05, 4.69) is 42.8 Å². The summed E-state index contributed by atoms with van der Waals surface area (Å²) in [6.45, 7) is 9.82. The van der Waals surface area contributed by atoms with Gasteiger partial charge in [0.1, 0.15) is 0 Å². The first-order valence-electron chi connectivity index (χ1n) is 6.73. The van der Waals surface area contributed by atoms with Gasteiger partial charge in [-0.15, -0.1) is 0 Å². The molecule has 0 aromatic carbocycles. The zero-order valence-corrected chi connectivity index (χ0v) is 12.6. The molecule has 1 atom stereocenters. The van der Waals surface area contributed by atoms with E-state index in [-0.39, 0.29) is 5.41 Å². The van der Waals surface area contributed by atoms with Crippen LogP contribution in [-0.2, 0) is 12.0 Å². The van der Waals surface area contributed by atoms with E-state index in [0.29, 0.717) is 6.04 Å². The highest BCUT2D eigenvalue weighted by Crippen LogP contribution is 2.35. The maximum absolute atomic E-state index is 5.47. The van der Waals surface area contributed by atoms with E-state index in [1.54, 1.807) is 7.11 Å². The van der Waals surface area contributed by atoms with Gasteiger partial charge in [-0.05, 0) is 26.8 Å². The monoisotopic (exact) mass is 253 g/mol. The number of hydrogen-bond donors (Lipinski definition) is 1. The maximum atomic E-state index is 5.47. The summed E-state index contributed by atoms with van der Waals surface area (Å²) in [5.74, 6) is 0.900. The SMILES string of the molecule is CCCn1ncc(OC)c1C(C)(C)CC(C)NC. The minimum atomic E-state index is 0.0411. The molecule has 0 saturated heterocycles. The fourth-order valence-corrected chi connectivity index (χ4v) is 2.55. The van der Waals surface area contributed by atoms with Crippen molar-refractivity contribution in [2.45, 2.75) is 58.5 Å². The summed E-state index contributed by atoms with van der Waals surface area (Å²) >= 11 is 0. The predicted molar refractivity (Wildman–Crippen MR) is 75.2 cm³/mol. The van der Waals surface area contributed by atoms with E-state index < -0.39 is 0 Å². The molecule has 4 heteroatoms. The van der Waals surface area contributed by atoms with Gasteiger partial charge in [0.2, 0.25) is 0 Å². The lowest BCUT2D eigenvalue weighted by Gasteiger charge is -2.29. The molecule has 0 saturated carbocycles. The number of nitrogens with zero attached hydrogens (tertiary/aromatic N) is 2. The fraction of sp³-hybridized carbons (Fsp3) is 0.786. The standard InChI is InChI=1S/C14H27N3O/c1-7-8-17-13(12(18-6)10-16-17)14(3,4)9-11(2)15-5/h10-11,15H,7-9H2,1-6H3. The zero-order valence-electron chi connectivity index (χ0n) is 12.6. The summed E-state index contributed by atoms with van der Waals surface area (Å²) in [6, 6.07) is 0.467. The molecule has 1 N–H and O–H groups in total. The summed E-state index contributed by atoms with van der Waals surface area (Å²) in [5.41, 5.74) is 1.24. The molecule has 1 heterocycles. The number of rotatable bonds is 7. The van der Waals surface area contributed by atoms with Gasteiger partial charge in [-0.2, -0.15) is 5.10 Å². The second kappa shape index (κ2) is 6.23. The molecule has 18 heavy (non-hydrogen) atoms. The van der Waals surface area contributed by atoms with E-state index in [0.717, 1.165) is 25.1 Å². The Bertz CT molecular complexity index is 371. The van der Waals surface area contributed by atoms with Crippen LogP contribution in [0.1, 0.15) is 46.2 Å². The quantitative estimate of drug-likeness (QED) is 0.812. The molecule has 1 rings (SSSR count). The van der Waals surface area contributed by atoms with Crippen LogP contribution in [0, 0.1) is 0 Å². The lowest BCUT2D eigenvalue weighted by atomic mass is 9.82. The molecule has 0 aliphatic carbocycles. The summed E-state index contributed by atoms with van der Waals surface area (Å²) in [5, 5.41) is 7.75. The second-order valence-electron chi connectivity index (χ2n) is 5.56. The minimum absolute atomic E-state index is 0.0411. The van der Waals surface area contributed by atoms with Gasteiger partial charge in [0.25, 0.3) is 0 Å². The Morgan fingerprint density at radius 2 is 2.17 bits per heavy atom. The van der Waals surface area contributed by atoms with Gasteiger partial charge >= 0.3 is 0 Å². The number of nitrogens with one attached hydrogen (secondary N) is 1. The Kier molecular flexibility index (Phi) is 5.20. The van der Waals surface area contributed by atoms with Crippen molar-refractivity contribution in [2.24, 2.45) is 0 Å². The van der Waals surface area contributed by atoms with Crippen LogP contribution in [0.25, 0.3) is 0 Å². The Balaban J connectivity index is 3.07. The van der Waals surface area contributed by atoms with Crippen LogP contribution < -0.4 is 10.1 Å². The molecule has 4 nitrogen and oxygen atoms in total. The lowest BCUT2D eigenvalue weighted by molar-refractivity contribution is 0.344. The molecular weight excluding hydrogens is 226 g/mol. The smallest absolute Gasteiger partial charge is 0.160 e. The van der Waals surface area contributed by atoms with Gasteiger partial charge in [-0.1, -0.05) is 20.8 Å². The molecule has 0 aliphatic heterocycles. The Morgan fingerprint density at radius 3 is 2.67 bits per heavy atom. The van der Waals surface area contributed by atoms with Crippen LogP contribution >= 0.6 is 0 Å². The van der Waals surface area contributed by atoms with E-state index in [1.165, 1.54) is 5.69 Å². The van der Waals surface area contributed by atoms with Crippen molar-refractivity contribution in [3.8, 4) is 5.75 Å². The van der Waals surface area contributed by atoms with Crippen molar-refractivity contribution in [2.75, 3.05) is 14.2 Å². The third kappa shape index (κ3) is 3.25. The molecule has 1 aromatic heterocycles. The number of aryl methyl sites for hydroxylation is 1. The fourth-order valence-electron chi connectivity index (χ4n) is 2.55. The summed E-state index contributed by atoms with van der Waals surface area (Å²) in [6.07, 6.45) is 3.96. The number of methoxy groups -OCH3 is 1. The van der Waals surface area contributed by atoms with Crippen molar-refractivity contribution >= 4 is 0 Å². The third-order valence-corrected chi connectivity index (χ3v) is 3.41. The molecule has 1 unspecified atom stereocenters. The Morgan fingerprint density at radius 1 is 1.50 bits per heavy atom. The van der Waals surface area contributed by atoms with Gasteiger partial charge < -0.3 is 10.1 Å². The van der Waals surface area contributed by atoms with Gasteiger partial charge in [0.05, 0.1) is 19.0 Å². The first-order valence-corrected chi connectivity index (χ1v) is 6.73. The van der Waals surface area contributed by atoms with Gasteiger partial charge in [0, 0.05) is 18.0 Å². The first-order chi connectivity index (χ1) is 8.46. The van der Waals surface area contributed by atoms with E-state index in [9.17, 15) is 0 Å². The van der Waals surface area contributed by atoms with E-state index in [1.807, 2.05) is 13.2 Å². The van der Waals surface area contributed by atoms with Gasteiger partial charge in [-0.3, -0.25) is 4.68 Å². The lowest BCUT2D eigenvalue weighted by Crippen LogP contribution is -2.33. The average Bonchev–Trinajstić information content (AvgIpc) is 2.72. The van der Waals surface area contributed by atoms with Crippen LogP contribution in [0.15, 0.2) is 6.20 Å². The molecule has 0 radical (unpaired) electrons. The highest BCUT2D eigenvalue weighted by atomic mass is 16.5. The number of hydrogen-bond acceptors (Lipinski definition) is 3. The van der Waals surface area contributed by atoms with Crippen LogP contribution in [0.2, 0.25) is 0 Å². The van der Waals surface area contributed by atoms with Crippen molar-refractivity contribution < 1.29 is 4.74 Å². The molecule has 0 spiro atoms. The topological polar surface area (TPSA) is 39.1 Å². The Labute approximate surface area is 111 Å². The van der Waals surface area contributed by atoms with Crippen LogP contribution in [-0.4, -0.2) is 30.0 Å². The molecule has 0 fully saturated rings. The third-order valence-electron chi connectivity index (χ3n) is 3.41. The Hall–Kier alpha value is -1.03. The second-order valence-corrected chi connectivity index (χ2v) is 5.56. The average molecular weight is 253 g/mol. The van der Waals surface area contributed by atoms with Crippen LogP contribution in [0.5, 0.6) is 5.75 Å². The van der Waals surface area contributed by atoms with Crippen LogP contribution in [0.4, 0.5) is 0 Å². The summed E-state index contributed by atoms with van der Waals surface area (Å²) in [4.78, 5) is 0.